The van der Waals surface area contributed by atoms with E-state index in [0.29, 0.717) is 10.4 Å². The van der Waals surface area contributed by atoms with Crippen molar-refractivity contribution >= 4 is 39.2 Å². The Morgan fingerprint density at radius 1 is 1.13 bits per heavy atom. The molecule has 23 heavy (non-hydrogen) atoms. The lowest BCUT2D eigenvalue weighted by Crippen LogP contribution is -2.17. The number of nitrogens with one attached hydrogen (secondary N) is 1. The molecule has 0 radical (unpaired) electrons. The summed E-state index contributed by atoms with van der Waals surface area (Å²) in [6.45, 7) is 0. The van der Waals surface area contributed by atoms with Gasteiger partial charge in [-0.3, -0.25) is 14.9 Å². The lowest BCUT2D eigenvalue weighted by Gasteiger charge is -2.02. The first-order valence-corrected chi connectivity index (χ1v) is 7.51. The number of carbonyl (C=O) groups excluding carboxylic acids is 1. The number of nitrogens with zero attached hydrogens (tertiary/aromatic N) is 2. The lowest BCUT2D eigenvalue weighted by molar-refractivity contribution is -0.380. The van der Waals surface area contributed by atoms with Gasteiger partial charge in [-0.05, 0) is 29.0 Å². The highest BCUT2D eigenvalue weighted by Crippen LogP contribution is 2.22. The Bertz CT molecular complexity index is 918. The molecule has 0 aliphatic carbocycles. The Balaban J connectivity index is 1.70. The topological polar surface area (TPSA) is 84.6 Å². The zero-order chi connectivity index (χ0) is 16.2. The highest BCUT2D eigenvalue weighted by Gasteiger charge is 2.08. The molecule has 0 bridgehead atoms. The van der Waals surface area contributed by atoms with E-state index in [2.05, 4.69) is 10.5 Å². The maximum Gasteiger partial charge on any atom is 0.324 e. The Morgan fingerprint density at radius 3 is 2.65 bits per heavy atom. The lowest BCUT2D eigenvalue weighted by atomic mass is 10.1. The van der Waals surface area contributed by atoms with Crippen molar-refractivity contribution in [3.05, 3.63) is 75.2 Å². The fourth-order valence-electron chi connectivity index (χ4n) is 2.06. The van der Waals surface area contributed by atoms with Gasteiger partial charge in [0.25, 0.3) is 5.91 Å². The van der Waals surface area contributed by atoms with E-state index in [1.165, 1.54) is 12.3 Å². The first-order valence-electron chi connectivity index (χ1n) is 6.70. The van der Waals surface area contributed by atoms with Gasteiger partial charge in [0.2, 0.25) is 0 Å². The number of fused-ring (bicyclic) bond motifs is 1. The number of carbonyl (C=O) groups is 1. The third-order valence-corrected chi connectivity index (χ3v) is 4.13. The van der Waals surface area contributed by atoms with Crippen LogP contribution in [0.5, 0.6) is 0 Å². The molecular weight excluding hydrogens is 314 g/mol. The summed E-state index contributed by atoms with van der Waals surface area (Å²) in [5, 5.41) is 16.5. The van der Waals surface area contributed by atoms with Crippen molar-refractivity contribution in [2.45, 2.75) is 0 Å². The number of thiophene rings is 1. The van der Waals surface area contributed by atoms with E-state index in [4.69, 9.17) is 0 Å². The second kappa shape index (κ2) is 6.37. The number of hydrazone groups is 1. The maximum atomic E-state index is 12.1. The van der Waals surface area contributed by atoms with Crippen molar-refractivity contribution in [2.75, 3.05) is 0 Å². The normalized spacial score (nSPS) is 11.0. The fourth-order valence-corrected chi connectivity index (χ4v) is 2.75. The molecule has 114 valence electrons. The average molecular weight is 325 g/mol. The van der Waals surface area contributed by atoms with E-state index in [0.717, 1.165) is 22.1 Å². The molecule has 3 rings (SSSR count). The molecule has 0 unspecified atom stereocenters. The minimum absolute atomic E-state index is 0.0345. The molecule has 1 heterocycles. The number of rotatable bonds is 4. The number of amides is 1. The van der Waals surface area contributed by atoms with Gasteiger partial charge in [0.15, 0.2) is 0 Å². The maximum absolute atomic E-state index is 12.1. The molecule has 6 nitrogen and oxygen atoms in total. The van der Waals surface area contributed by atoms with Gasteiger partial charge in [-0.15, -0.1) is 0 Å². The number of benzene rings is 2. The second-order valence-corrected chi connectivity index (χ2v) is 5.79. The zero-order valence-electron chi connectivity index (χ0n) is 11.8. The van der Waals surface area contributed by atoms with E-state index in [1.807, 2.05) is 30.3 Å². The Kier molecular flexibility index (Phi) is 4.11. The van der Waals surface area contributed by atoms with Gasteiger partial charge in [-0.25, -0.2) is 5.43 Å². The summed E-state index contributed by atoms with van der Waals surface area (Å²) in [6.07, 6.45) is 1.39. The summed E-state index contributed by atoms with van der Waals surface area (Å²) in [4.78, 5) is 22.8. The molecule has 0 atom stereocenters. The van der Waals surface area contributed by atoms with E-state index in [-0.39, 0.29) is 10.9 Å². The predicted molar refractivity (Wildman–Crippen MR) is 90.0 cm³/mol. The van der Waals surface area contributed by atoms with Crippen LogP contribution in [0.4, 0.5) is 5.00 Å². The third-order valence-electron chi connectivity index (χ3n) is 3.16. The van der Waals surface area contributed by atoms with Crippen LogP contribution in [-0.4, -0.2) is 17.0 Å². The molecular formula is C16H11N3O3S. The van der Waals surface area contributed by atoms with E-state index >= 15 is 0 Å². The molecule has 3 aromatic rings. The molecule has 1 amide bonds. The zero-order valence-corrected chi connectivity index (χ0v) is 12.6. The number of hydrogen-bond acceptors (Lipinski definition) is 5. The van der Waals surface area contributed by atoms with Crippen LogP contribution in [-0.2, 0) is 0 Å². The molecule has 0 aliphatic rings. The van der Waals surface area contributed by atoms with Crippen LogP contribution >= 0.6 is 11.3 Å². The van der Waals surface area contributed by atoms with Crippen LogP contribution in [0.2, 0.25) is 0 Å². The Labute approximate surface area is 135 Å². The van der Waals surface area contributed by atoms with Crippen molar-refractivity contribution in [2.24, 2.45) is 5.10 Å². The highest BCUT2D eigenvalue weighted by atomic mass is 32.1. The first-order chi connectivity index (χ1) is 11.1. The summed E-state index contributed by atoms with van der Waals surface area (Å²) < 4.78 is 0. The van der Waals surface area contributed by atoms with Crippen LogP contribution in [0.25, 0.3) is 10.8 Å². The monoisotopic (exact) mass is 325 g/mol. The molecule has 0 fully saturated rings. The van der Waals surface area contributed by atoms with Gasteiger partial charge in [0, 0.05) is 11.6 Å². The number of nitro groups is 1. The number of hydrogen-bond donors (Lipinski definition) is 1. The fraction of sp³-hybridized carbons (Fsp3) is 0. The molecule has 0 saturated heterocycles. The quantitative estimate of drug-likeness (QED) is 0.452. The minimum Gasteiger partial charge on any atom is -0.267 e. The van der Waals surface area contributed by atoms with Crippen LogP contribution in [0.1, 0.15) is 15.2 Å². The summed E-state index contributed by atoms with van der Waals surface area (Å²) in [6, 6.07) is 16.1. The van der Waals surface area contributed by atoms with Gasteiger partial charge in [-0.1, -0.05) is 41.7 Å². The molecule has 0 aliphatic heterocycles. The van der Waals surface area contributed by atoms with Gasteiger partial charge in [0.05, 0.1) is 16.0 Å². The molecule has 1 aromatic heterocycles. The van der Waals surface area contributed by atoms with E-state index in [9.17, 15) is 14.9 Å². The summed E-state index contributed by atoms with van der Waals surface area (Å²) in [5.74, 6) is -0.335. The smallest absolute Gasteiger partial charge is 0.267 e. The highest BCUT2D eigenvalue weighted by molar-refractivity contribution is 7.16. The average Bonchev–Trinajstić information content (AvgIpc) is 3.03. The van der Waals surface area contributed by atoms with Gasteiger partial charge in [-0.2, -0.15) is 5.10 Å². The van der Waals surface area contributed by atoms with Crippen molar-refractivity contribution in [1.82, 2.24) is 5.43 Å². The van der Waals surface area contributed by atoms with E-state index < -0.39 is 4.92 Å². The molecule has 0 spiro atoms. The summed E-state index contributed by atoms with van der Waals surface area (Å²) in [7, 11) is 0. The minimum atomic E-state index is -0.463. The summed E-state index contributed by atoms with van der Waals surface area (Å²) in [5.41, 5.74) is 2.92. The van der Waals surface area contributed by atoms with Crippen molar-refractivity contribution in [3.8, 4) is 0 Å². The van der Waals surface area contributed by atoms with Crippen LogP contribution in [0.3, 0.4) is 0 Å². The van der Waals surface area contributed by atoms with Crippen LogP contribution in [0.15, 0.2) is 59.7 Å². The summed E-state index contributed by atoms with van der Waals surface area (Å²) >= 11 is 0.991. The Hall–Kier alpha value is -3.06. The van der Waals surface area contributed by atoms with Crippen LogP contribution < -0.4 is 5.43 Å². The SMILES string of the molecule is O=C(N/N=C/c1ccc([N+](=O)[O-])s1)c1ccc2ccccc2c1. The molecule has 7 heteroatoms. The molecule has 1 N–H and O–H groups in total. The van der Waals surface area contributed by atoms with Gasteiger partial charge >= 0.3 is 5.00 Å². The Morgan fingerprint density at radius 2 is 1.91 bits per heavy atom. The molecule has 2 aromatic carbocycles. The molecule has 0 saturated carbocycles. The third kappa shape index (κ3) is 3.41. The van der Waals surface area contributed by atoms with Crippen LogP contribution in [0, 0.1) is 10.1 Å². The second-order valence-electron chi connectivity index (χ2n) is 4.69. The van der Waals surface area contributed by atoms with E-state index in [1.54, 1.807) is 18.2 Å². The van der Waals surface area contributed by atoms with Crippen molar-refractivity contribution < 1.29 is 9.72 Å². The largest absolute Gasteiger partial charge is 0.324 e. The first kappa shape index (κ1) is 14.9. The standard InChI is InChI=1S/C16H11N3O3S/c20-16(13-6-5-11-3-1-2-4-12(11)9-13)18-17-10-14-7-8-15(23-14)19(21)22/h1-10H,(H,18,20)/b17-10+. The van der Waals surface area contributed by atoms with Gasteiger partial charge < -0.3 is 0 Å². The van der Waals surface area contributed by atoms with Gasteiger partial charge in [0.1, 0.15) is 0 Å². The van der Waals surface area contributed by atoms with Crippen molar-refractivity contribution in [3.63, 3.8) is 0 Å². The predicted octanol–water partition coefficient (Wildman–Crippen LogP) is 3.57. The van der Waals surface area contributed by atoms with Crippen molar-refractivity contribution in [1.29, 1.82) is 0 Å².